The Bertz CT molecular complexity index is 496. The third-order valence-corrected chi connectivity index (χ3v) is 3.06. The number of aromatic nitrogens is 1. The lowest BCUT2D eigenvalue weighted by atomic mass is 10.2. The summed E-state index contributed by atoms with van der Waals surface area (Å²) in [5.41, 5.74) is 6.56. The number of methoxy groups -OCH3 is 2. The first-order valence-electron chi connectivity index (χ1n) is 4.68. The Morgan fingerprint density at radius 3 is 2.50 bits per heavy atom. The molecular formula is C11H12N2O2S. The summed E-state index contributed by atoms with van der Waals surface area (Å²) < 4.78 is 10.4. The molecule has 0 aliphatic carbocycles. The minimum absolute atomic E-state index is 0.537. The van der Waals surface area contributed by atoms with Crippen molar-refractivity contribution in [1.29, 1.82) is 0 Å². The average Bonchev–Trinajstić information content (AvgIpc) is 2.75. The van der Waals surface area contributed by atoms with Crippen LogP contribution in [-0.2, 0) is 0 Å². The van der Waals surface area contributed by atoms with E-state index < -0.39 is 0 Å². The molecule has 0 radical (unpaired) electrons. The van der Waals surface area contributed by atoms with Crippen LogP contribution >= 0.6 is 11.3 Å². The second-order valence-corrected chi connectivity index (χ2v) is 4.01. The smallest absolute Gasteiger partial charge is 0.161 e. The fourth-order valence-electron chi connectivity index (χ4n) is 1.39. The van der Waals surface area contributed by atoms with Crippen molar-refractivity contribution in [2.24, 2.45) is 0 Å². The molecule has 0 bridgehead atoms. The number of nitrogens with two attached hydrogens (primary N) is 1. The highest BCUT2D eigenvalue weighted by atomic mass is 32.1. The Kier molecular flexibility index (Phi) is 2.96. The molecule has 1 heterocycles. The summed E-state index contributed by atoms with van der Waals surface area (Å²) in [5.74, 6) is 1.93. The summed E-state index contributed by atoms with van der Waals surface area (Å²) in [4.78, 5) is 4.21. The van der Waals surface area contributed by atoms with Crippen molar-refractivity contribution in [3.05, 3.63) is 23.6 Å². The number of anilines is 1. The first-order valence-corrected chi connectivity index (χ1v) is 5.56. The van der Waals surface area contributed by atoms with Gasteiger partial charge in [-0.1, -0.05) is 0 Å². The number of nitrogen functional groups attached to an aromatic ring is 1. The topological polar surface area (TPSA) is 57.4 Å². The lowest BCUT2D eigenvalue weighted by Crippen LogP contribution is -1.91. The van der Waals surface area contributed by atoms with Crippen LogP contribution < -0.4 is 15.2 Å². The van der Waals surface area contributed by atoms with Gasteiger partial charge in [-0.15, -0.1) is 11.3 Å². The molecule has 16 heavy (non-hydrogen) atoms. The van der Waals surface area contributed by atoms with Gasteiger partial charge in [0.2, 0.25) is 0 Å². The average molecular weight is 236 g/mol. The van der Waals surface area contributed by atoms with E-state index in [-0.39, 0.29) is 0 Å². The summed E-state index contributed by atoms with van der Waals surface area (Å²) in [6.07, 6.45) is 0. The van der Waals surface area contributed by atoms with Crippen LogP contribution in [0.1, 0.15) is 0 Å². The molecule has 0 spiro atoms. The summed E-state index contributed by atoms with van der Waals surface area (Å²) in [6.45, 7) is 0. The summed E-state index contributed by atoms with van der Waals surface area (Å²) in [7, 11) is 3.22. The Balaban J connectivity index is 2.43. The zero-order valence-corrected chi connectivity index (χ0v) is 9.88. The molecule has 2 N–H and O–H groups in total. The van der Waals surface area contributed by atoms with Crippen LogP contribution in [0.25, 0.3) is 10.6 Å². The largest absolute Gasteiger partial charge is 0.493 e. The van der Waals surface area contributed by atoms with Crippen LogP contribution in [-0.4, -0.2) is 19.2 Å². The highest BCUT2D eigenvalue weighted by molar-refractivity contribution is 7.13. The number of thiazole rings is 1. The molecule has 84 valence electrons. The Morgan fingerprint density at radius 1 is 1.19 bits per heavy atom. The second-order valence-electron chi connectivity index (χ2n) is 3.15. The van der Waals surface area contributed by atoms with E-state index in [1.165, 1.54) is 11.3 Å². The zero-order chi connectivity index (χ0) is 11.5. The van der Waals surface area contributed by atoms with Gasteiger partial charge in [-0.3, -0.25) is 0 Å². The third-order valence-electron chi connectivity index (χ3n) is 2.15. The van der Waals surface area contributed by atoms with Gasteiger partial charge in [0.05, 0.1) is 14.2 Å². The number of hydrogen-bond acceptors (Lipinski definition) is 5. The van der Waals surface area contributed by atoms with Crippen molar-refractivity contribution in [3.63, 3.8) is 0 Å². The molecule has 0 fully saturated rings. The minimum atomic E-state index is 0.537. The normalized spacial score (nSPS) is 10.1. The van der Waals surface area contributed by atoms with E-state index in [0.717, 1.165) is 10.6 Å². The van der Waals surface area contributed by atoms with E-state index in [1.54, 1.807) is 14.2 Å². The zero-order valence-electron chi connectivity index (χ0n) is 9.06. The van der Waals surface area contributed by atoms with Crippen molar-refractivity contribution >= 4 is 17.2 Å². The van der Waals surface area contributed by atoms with E-state index in [0.29, 0.717) is 17.3 Å². The highest BCUT2D eigenvalue weighted by Gasteiger charge is 2.08. The SMILES string of the molecule is COc1ccc(-c2nc(N)cs2)cc1OC. The van der Waals surface area contributed by atoms with E-state index in [4.69, 9.17) is 15.2 Å². The molecule has 1 aromatic heterocycles. The van der Waals surface area contributed by atoms with Crippen LogP contribution in [0.2, 0.25) is 0 Å². The van der Waals surface area contributed by atoms with E-state index in [9.17, 15) is 0 Å². The van der Waals surface area contributed by atoms with Crippen LogP contribution in [0.15, 0.2) is 23.6 Å². The van der Waals surface area contributed by atoms with Crippen molar-refractivity contribution in [3.8, 4) is 22.1 Å². The molecule has 0 unspecified atom stereocenters. The molecule has 1 aromatic carbocycles. The fourth-order valence-corrected chi connectivity index (χ4v) is 2.09. The molecule has 0 saturated carbocycles. The first-order chi connectivity index (χ1) is 7.74. The molecule has 0 aliphatic rings. The maximum atomic E-state index is 5.59. The van der Waals surface area contributed by atoms with Gasteiger partial charge in [0.25, 0.3) is 0 Å². The Hall–Kier alpha value is -1.75. The van der Waals surface area contributed by atoms with E-state index >= 15 is 0 Å². The van der Waals surface area contributed by atoms with Gasteiger partial charge in [0, 0.05) is 10.9 Å². The molecule has 4 nitrogen and oxygen atoms in total. The van der Waals surface area contributed by atoms with Crippen LogP contribution in [0.4, 0.5) is 5.82 Å². The fraction of sp³-hybridized carbons (Fsp3) is 0.182. The summed E-state index contributed by atoms with van der Waals surface area (Å²) in [5, 5.41) is 2.69. The number of rotatable bonds is 3. The van der Waals surface area contributed by atoms with Gasteiger partial charge in [-0.25, -0.2) is 4.98 Å². The quantitative estimate of drug-likeness (QED) is 0.889. The maximum Gasteiger partial charge on any atom is 0.161 e. The molecule has 0 atom stereocenters. The lowest BCUT2D eigenvalue weighted by molar-refractivity contribution is 0.355. The van der Waals surface area contributed by atoms with Gasteiger partial charge in [0.1, 0.15) is 10.8 Å². The molecule has 0 aliphatic heterocycles. The number of hydrogen-bond donors (Lipinski definition) is 1. The molecule has 2 rings (SSSR count). The Morgan fingerprint density at radius 2 is 1.94 bits per heavy atom. The number of ether oxygens (including phenoxy) is 2. The molecular weight excluding hydrogens is 224 g/mol. The third kappa shape index (κ3) is 1.94. The van der Waals surface area contributed by atoms with E-state index in [2.05, 4.69) is 4.98 Å². The summed E-state index contributed by atoms with van der Waals surface area (Å²) >= 11 is 1.50. The minimum Gasteiger partial charge on any atom is -0.493 e. The van der Waals surface area contributed by atoms with Crippen LogP contribution in [0.3, 0.4) is 0 Å². The predicted molar refractivity (Wildman–Crippen MR) is 65.1 cm³/mol. The standard InChI is InChI=1S/C11H12N2O2S/c1-14-8-4-3-7(5-9(8)15-2)11-13-10(12)6-16-11/h3-6H,12H2,1-2H3. The monoisotopic (exact) mass is 236 g/mol. The van der Waals surface area contributed by atoms with Gasteiger partial charge in [-0.05, 0) is 18.2 Å². The van der Waals surface area contributed by atoms with E-state index in [1.807, 2.05) is 23.6 Å². The van der Waals surface area contributed by atoms with Crippen molar-refractivity contribution in [2.45, 2.75) is 0 Å². The molecule has 0 saturated heterocycles. The van der Waals surface area contributed by atoms with Crippen LogP contribution in [0.5, 0.6) is 11.5 Å². The molecule has 0 amide bonds. The van der Waals surface area contributed by atoms with Gasteiger partial charge < -0.3 is 15.2 Å². The maximum absolute atomic E-state index is 5.59. The predicted octanol–water partition coefficient (Wildman–Crippen LogP) is 2.41. The lowest BCUT2D eigenvalue weighted by Gasteiger charge is -2.07. The molecule has 2 aromatic rings. The van der Waals surface area contributed by atoms with Gasteiger partial charge in [-0.2, -0.15) is 0 Å². The van der Waals surface area contributed by atoms with Gasteiger partial charge in [0.15, 0.2) is 11.5 Å². The summed E-state index contributed by atoms with van der Waals surface area (Å²) in [6, 6.07) is 5.67. The van der Waals surface area contributed by atoms with Crippen molar-refractivity contribution in [1.82, 2.24) is 4.98 Å². The number of nitrogens with zero attached hydrogens (tertiary/aromatic N) is 1. The Labute approximate surface area is 97.6 Å². The van der Waals surface area contributed by atoms with Crippen molar-refractivity contribution in [2.75, 3.05) is 20.0 Å². The second kappa shape index (κ2) is 4.40. The number of benzene rings is 1. The first kappa shape index (κ1) is 10.8. The van der Waals surface area contributed by atoms with Gasteiger partial charge >= 0.3 is 0 Å². The highest BCUT2D eigenvalue weighted by Crippen LogP contribution is 2.33. The van der Waals surface area contributed by atoms with Crippen LogP contribution in [0, 0.1) is 0 Å². The van der Waals surface area contributed by atoms with Crippen molar-refractivity contribution < 1.29 is 9.47 Å². The molecule has 5 heteroatoms.